The first-order chi connectivity index (χ1) is 12.5. The Morgan fingerprint density at radius 2 is 1.88 bits per heavy atom. The van der Waals surface area contributed by atoms with Crippen LogP contribution in [-0.4, -0.2) is 11.8 Å². The third kappa shape index (κ3) is 4.00. The highest BCUT2D eigenvalue weighted by Gasteiger charge is 2.14. The summed E-state index contributed by atoms with van der Waals surface area (Å²) in [4.78, 5) is 24.3. The van der Waals surface area contributed by atoms with E-state index in [1.165, 1.54) is 12.1 Å². The second-order valence-corrected chi connectivity index (χ2v) is 6.59. The van der Waals surface area contributed by atoms with Gasteiger partial charge in [0.1, 0.15) is 5.58 Å². The summed E-state index contributed by atoms with van der Waals surface area (Å²) in [6.45, 7) is 2.06. The molecule has 0 aliphatic rings. The van der Waals surface area contributed by atoms with E-state index in [-0.39, 0.29) is 22.9 Å². The van der Waals surface area contributed by atoms with Crippen molar-refractivity contribution in [1.29, 1.82) is 0 Å². The number of halogens is 2. The fraction of sp³-hybridized carbons (Fsp3) is 0.158. The first-order valence-corrected chi connectivity index (χ1v) is 8.76. The molecule has 0 spiro atoms. The van der Waals surface area contributed by atoms with Crippen molar-refractivity contribution >= 4 is 46.0 Å². The van der Waals surface area contributed by atoms with Gasteiger partial charge in [0.15, 0.2) is 0 Å². The van der Waals surface area contributed by atoms with E-state index in [1.54, 1.807) is 12.3 Å². The molecule has 0 saturated heterocycles. The summed E-state index contributed by atoms with van der Waals surface area (Å²) in [5.41, 5.74) is 7.53. The molecular weight excluding hydrogens is 375 g/mol. The van der Waals surface area contributed by atoms with Gasteiger partial charge in [0, 0.05) is 16.0 Å². The average Bonchev–Trinajstić information content (AvgIpc) is 3.03. The lowest BCUT2D eigenvalue weighted by molar-refractivity contribution is -0.121. The van der Waals surface area contributed by atoms with Crippen LogP contribution in [0.2, 0.25) is 10.0 Å². The number of carbonyl (C=O) groups excluding carboxylic acids is 2. The smallest absolute Gasteiger partial charge is 0.271 e. The summed E-state index contributed by atoms with van der Waals surface area (Å²) in [7, 11) is 0. The van der Waals surface area contributed by atoms with Crippen molar-refractivity contribution in [3.05, 3.63) is 69.4 Å². The summed E-state index contributed by atoms with van der Waals surface area (Å²) >= 11 is 11.8. The molecule has 7 heteroatoms. The van der Waals surface area contributed by atoms with E-state index in [9.17, 15) is 9.59 Å². The molecule has 0 fully saturated rings. The second kappa shape index (κ2) is 7.81. The van der Waals surface area contributed by atoms with Gasteiger partial charge in [-0.05, 0) is 36.2 Å². The molecule has 1 aromatic heterocycles. The van der Waals surface area contributed by atoms with E-state index in [2.05, 4.69) is 17.8 Å². The molecule has 0 atom stereocenters. The van der Waals surface area contributed by atoms with Crippen molar-refractivity contribution in [2.24, 2.45) is 0 Å². The first-order valence-electron chi connectivity index (χ1n) is 8.01. The highest BCUT2D eigenvalue weighted by molar-refractivity contribution is 6.35. The average molecular weight is 391 g/mol. The van der Waals surface area contributed by atoms with Gasteiger partial charge in [-0.2, -0.15) is 0 Å². The van der Waals surface area contributed by atoms with Crippen LogP contribution in [0.5, 0.6) is 0 Å². The minimum atomic E-state index is -0.546. The lowest BCUT2D eigenvalue weighted by Crippen LogP contribution is -2.42. The van der Waals surface area contributed by atoms with Crippen molar-refractivity contribution in [1.82, 2.24) is 10.9 Å². The molecule has 2 N–H and O–H groups in total. The number of aryl methyl sites for hydroxylation is 1. The number of nitrogens with one attached hydrogen (secondary N) is 2. The van der Waals surface area contributed by atoms with Crippen LogP contribution >= 0.6 is 23.2 Å². The number of amides is 2. The second-order valence-electron chi connectivity index (χ2n) is 5.75. The van der Waals surface area contributed by atoms with Crippen molar-refractivity contribution < 1.29 is 14.0 Å². The third-order valence-corrected chi connectivity index (χ3v) is 4.53. The monoisotopic (exact) mass is 390 g/mol. The van der Waals surface area contributed by atoms with Crippen LogP contribution in [0.25, 0.3) is 11.0 Å². The minimum absolute atomic E-state index is 0.0715. The van der Waals surface area contributed by atoms with E-state index >= 15 is 0 Å². The van der Waals surface area contributed by atoms with Crippen LogP contribution < -0.4 is 10.9 Å². The number of hydrogen-bond donors (Lipinski definition) is 2. The van der Waals surface area contributed by atoms with Gasteiger partial charge in [0.05, 0.1) is 23.3 Å². The molecule has 134 valence electrons. The van der Waals surface area contributed by atoms with Gasteiger partial charge in [-0.1, -0.05) is 42.3 Å². The largest absolute Gasteiger partial charge is 0.464 e. The van der Waals surface area contributed by atoms with Gasteiger partial charge >= 0.3 is 0 Å². The van der Waals surface area contributed by atoms with Gasteiger partial charge in [-0.25, -0.2) is 0 Å². The Morgan fingerprint density at radius 1 is 1.08 bits per heavy atom. The Balaban J connectivity index is 1.64. The number of hydrogen-bond acceptors (Lipinski definition) is 3. The topological polar surface area (TPSA) is 71.3 Å². The summed E-state index contributed by atoms with van der Waals surface area (Å²) in [6.07, 6.45) is 2.53. The fourth-order valence-electron chi connectivity index (χ4n) is 2.57. The molecule has 2 aromatic carbocycles. The maximum Gasteiger partial charge on any atom is 0.271 e. The Bertz CT molecular complexity index is 982. The molecular formula is C19H16Cl2N2O3. The van der Waals surface area contributed by atoms with Gasteiger partial charge in [0.25, 0.3) is 5.91 Å². The van der Waals surface area contributed by atoms with Crippen LogP contribution in [0.1, 0.15) is 28.4 Å². The van der Waals surface area contributed by atoms with Crippen LogP contribution in [0, 0.1) is 0 Å². The SMILES string of the molecule is CCc1ccc2c(CC(=O)NNC(=O)c3cc(Cl)ccc3Cl)coc2c1. The highest BCUT2D eigenvalue weighted by atomic mass is 35.5. The normalized spacial score (nSPS) is 10.7. The maximum absolute atomic E-state index is 12.1. The minimum Gasteiger partial charge on any atom is -0.464 e. The van der Waals surface area contributed by atoms with Gasteiger partial charge in [0.2, 0.25) is 5.91 Å². The van der Waals surface area contributed by atoms with Crippen LogP contribution in [0.15, 0.2) is 47.1 Å². The molecule has 0 unspecified atom stereocenters. The highest BCUT2D eigenvalue weighted by Crippen LogP contribution is 2.23. The number of carbonyl (C=O) groups is 2. The lowest BCUT2D eigenvalue weighted by Gasteiger charge is -2.08. The Labute approximate surface area is 160 Å². The fourth-order valence-corrected chi connectivity index (χ4v) is 2.94. The van der Waals surface area contributed by atoms with Gasteiger partial charge < -0.3 is 4.42 Å². The third-order valence-electron chi connectivity index (χ3n) is 3.97. The van der Waals surface area contributed by atoms with Gasteiger partial charge in [-0.3, -0.25) is 20.4 Å². The van der Waals surface area contributed by atoms with Crippen molar-refractivity contribution in [2.45, 2.75) is 19.8 Å². The molecule has 0 aliphatic carbocycles. The Kier molecular flexibility index (Phi) is 5.49. The number of benzene rings is 2. The van der Waals surface area contributed by atoms with Crippen molar-refractivity contribution in [3.63, 3.8) is 0 Å². The number of furan rings is 1. The molecule has 3 aromatic rings. The Morgan fingerprint density at radius 3 is 2.65 bits per heavy atom. The zero-order chi connectivity index (χ0) is 18.7. The molecule has 5 nitrogen and oxygen atoms in total. The molecule has 0 saturated carbocycles. The molecule has 0 radical (unpaired) electrons. The summed E-state index contributed by atoms with van der Waals surface area (Å²) in [6, 6.07) is 10.4. The van der Waals surface area contributed by atoms with Crippen LogP contribution in [0.3, 0.4) is 0 Å². The van der Waals surface area contributed by atoms with Crippen LogP contribution in [-0.2, 0) is 17.6 Å². The maximum atomic E-state index is 12.1. The quantitative estimate of drug-likeness (QED) is 0.652. The summed E-state index contributed by atoms with van der Waals surface area (Å²) in [5, 5.41) is 1.50. The zero-order valence-electron chi connectivity index (χ0n) is 13.9. The standard InChI is InChI=1S/C19H16Cl2N2O3/c1-2-11-3-5-14-12(10-26-17(14)7-11)8-18(24)22-23-19(25)15-9-13(20)4-6-16(15)21/h3-7,9-10H,2,8H2,1H3,(H,22,24)(H,23,25). The molecule has 3 rings (SSSR count). The molecule has 0 bridgehead atoms. The molecule has 2 amide bonds. The van der Waals surface area contributed by atoms with Gasteiger partial charge in [-0.15, -0.1) is 0 Å². The van der Waals surface area contributed by atoms with E-state index in [0.29, 0.717) is 5.02 Å². The number of hydrazine groups is 1. The Hall–Kier alpha value is -2.50. The van der Waals surface area contributed by atoms with Crippen LogP contribution in [0.4, 0.5) is 0 Å². The lowest BCUT2D eigenvalue weighted by atomic mass is 10.1. The van der Waals surface area contributed by atoms with E-state index in [4.69, 9.17) is 27.6 Å². The predicted octanol–water partition coefficient (Wildman–Crippen LogP) is 4.31. The number of fused-ring (bicyclic) bond motifs is 1. The molecule has 26 heavy (non-hydrogen) atoms. The van der Waals surface area contributed by atoms with Crippen molar-refractivity contribution in [3.8, 4) is 0 Å². The molecule has 0 aliphatic heterocycles. The summed E-state index contributed by atoms with van der Waals surface area (Å²) < 4.78 is 5.52. The number of rotatable bonds is 4. The van der Waals surface area contributed by atoms with Crippen molar-refractivity contribution in [2.75, 3.05) is 0 Å². The predicted molar refractivity (Wildman–Crippen MR) is 101 cm³/mol. The van der Waals surface area contributed by atoms with E-state index in [1.807, 2.05) is 18.2 Å². The first kappa shape index (κ1) is 18.3. The van der Waals surface area contributed by atoms with E-state index in [0.717, 1.165) is 28.5 Å². The van der Waals surface area contributed by atoms with E-state index < -0.39 is 5.91 Å². The summed E-state index contributed by atoms with van der Waals surface area (Å²) in [5.74, 6) is -0.922. The molecule has 1 heterocycles. The zero-order valence-corrected chi connectivity index (χ0v) is 15.4.